The fourth-order valence-corrected chi connectivity index (χ4v) is 2.77. The van der Waals surface area contributed by atoms with Crippen molar-refractivity contribution in [3.8, 4) is 5.75 Å². The van der Waals surface area contributed by atoms with Crippen LogP contribution in [0.2, 0.25) is 10.0 Å². The monoisotopic (exact) mass is 394 g/mol. The van der Waals surface area contributed by atoms with Crippen molar-refractivity contribution in [3.05, 3.63) is 52.5 Å². The van der Waals surface area contributed by atoms with E-state index < -0.39 is 0 Å². The van der Waals surface area contributed by atoms with Gasteiger partial charge in [-0.1, -0.05) is 61.5 Å². The molecule has 0 radical (unpaired) electrons. The lowest BCUT2D eigenvalue weighted by atomic mass is 10.2. The molecule has 0 fully saturated rings. The number of hydrogen-bond acceptors (Lipinski definition) is 3. The average molecular weight is 395 g/mol. The zero-order valence-electron chi connectivity index (χ0n) is 14.9. The van der Waals surface area contributed by atoms with Crippen LogP contribution in [0.5, 0.6) is 5.75 Å². The molecule has 2 aromatic rings. The Hall–Kier alpha value is -1.91. The quantitative estimate of drug-likeness (QED) is 0.485. The summed E-state index contributed by atoms with van der Waals surface area (Å²) in [7, 11) is 0. The van der Waals surface area contributed by atoms with E-state index in [4.69, 9.17) is 27.9 Å². The number of amides is 1. The van der Waals surface area contributed by atoms with Gasteiger partial charge < -0.3 is 15.4 Å². The predicted octanol–water partition coefficient (Wildman–Crippen LogP) is 6.00. The normalized spacial score (nSPS) is 10.4. The van der Waals surface area contributed by atoms with Gasteiger partial charge >= 0.3 is 0 Å². The summed E-state index contributed by atoms with van der Waals surface area (Å²) in [6.07, 6.45) is 4.64. The highest BCUT2D eigenvalue weighted by molar-refractivity contribution is 6.43. The Morgan fingerprint density at radius 2 is 1.88 bits per heavy atom. The lowest BCUT2D eigenvalue weighted by Crippen LogP contribution is -2.21. The zero-order chi connectivity index (χ0) is 18.8. The molecule has 0 aromatic heterocycles. The van der Waals surface area contributed by atoms with Crippen LogP contribution in [0, 0.1) is 0 Å². The highest BCUT2D eigenvalue weighted by Gasteiger charge is 2.07. The van der Waals surface area contributed by atoms with Crippen LogP contribution in [-0.4, -0.2) is 19.1 Å². The molecular formula is C20H24Cl2N2O2. The highest BCUT2D eigenvalue weighted by atomic mass is 35.5. The first-order chi connectivity index (χ1) is 12.6. The van der Waals surface area contributed by atoms with E-state index in [-0.39, 0.29) is 12.5 Å². The van der Waals surface area contributed by atoms with E-state index >= 15 is 0 Å². The van der Waals surface area contributed by atoms with Crippen molar-refractivity contribution in [1.29, 1.82) is 0 Å². The molecule has 0 heterocycles. The zero-order valence-corrected chi connectivity index (χ0v) is 16.4. The van der Waals surface area contributed by atoms with Crippen molar-refractivity contribution in [1.82, 2.24) is 0 Å². The Labute approximate surface area is 164 Å². The van der Waals surface area contributed by atoms with Crippen LogP contribution in [0.25, 0.3) is 0 Å². The predicted molar refractivity (Wildman–Crippen MR) is 110 cm³/mol. The van der Waals surface area contributed by atoms with Crippen LogP contribution < -0.4 is 15.4 Å². The summed E-state index contributed by atoms with van der Waals surface area (Å²) in [5.74, 6) is 0.575. The Morgan fingerprint density at radius 1 is 1.08 bits per heavy atom. The topological polar surface area (TPSA) is 50.4 Å². The Bertz CT molecular complexity index is 723. The van der Waals surface area contributed by atoms with Gasteiger partial charge in [0.15, 0.2) is 0 Å². The molecule has 4 nitrogen and oxygen atoms in total. The van der Waals surface area contributed by atoms with Crippen molar-refractivity contribution < 1.29 is 9.53 Å². The first-order valence-corrected chi connectivity index (χ1v) is 9.56. The van der Waals surface area contributed by atoms with Crippen LogP contribution in [-0.2, 0) is 4.79 Å². The number of ether oxygens (including phenoxy) is 1. The molecule has 0 aliphatic carbocycles. The van der Waals surface area contributed by atoms with Crippen molar-refractivity contribution in [3.63, 3.8) is 0 Å². The number of nitrogens with one attached hydrogen (secondary N) is 2. The first-order valence-electron chi connectivity index (χ1n) is 8.80. The fraction of sp³-hybridized carbons (Fsp3) is 0.350. The van der Waals surface area contributed by atoms with E-state index in [2.05, 4.69) is 17.6 Å². The molecule has 1 amide bonds. The second kappa shape index (κ2) is 10.9. The average Bonchev–Trinajstić information content (AvgIpc) is 2.63. The third-order valence-electron chi connectivity index (χ3n) is 3.78. The standard InChI is InChI=1S/C20H24Cl2N2O2/c1-2-3-4-5-12-26-16-9-6-8-15(13-16)24-19(25)14-23-18-11-7-10-17(21)20(18)22/h6-11,13,23H,2-5,12,14H2,1H3,(H,24,25). The number of carbonyl (C=O) groups excluding carboxylic acids is 1. The Balaban J connectivity index is 1.81. The van der Waals surface area contributed by atoms with Crippen LogP contribution in [0.4, 0.5) is 11.4 Å². The number of hydrogen-bond donors (Lipinski definition) is 2. The van der Waals surface area contributed by atoms with Gasteiger partial charge in [0, 0.05) is 11.8 Å². The number of halogens is 2. The maximum absolute atomic E-state index is 12.1. The van der Waals surface area contributed by atoms with Gasteiger partial charge in [-0.15, -0.1) is 0 Å². The molecule has 0 spiro atoms. The molecule has 26 heavy (non-hydrogen) atoms. The molecule has 0 aliphatic rings. The largest absolute Gasteiger partial charge is 0.494 e. The van der Waals surface area contributed by atoms with Gasteiger partial charge in [0.25, 0.3) is 0 Å². The Morgan fingerprint density at radius 3 is 2.69 bits per heavy atom. The van der Waals surface area contributed by atoms with Gasteiger partial charge in [0.2, 0.25) is 5.91 Å². The van der Waals surface area contributed by atoms with E-state index in [9.17, 15) is 4.79 Å². The summed E-state index contributed by atoms with van der Waals surface area (Å²) >= 11 is 12.1. The molecule has 0 saturated carbocycles. The molecule has 2 rings (SSSR count). The van der Waals surface area contributed by atoms with Gasteiger partial charge in [0.1, 0.15) is 5.75 Å². The molecule has 0 unspecified atom stereocenters. The van der Waals surface area contributed by atoms with Crippen molar-refractivity contribution >= 4 is 40.5 Å². The maximum Gasteiger partial charge on any atom is 0.243 e. The number of benzene rings is 2. The number of rotatable bonds is 10. The summed E-state index contributed by atoms with van der Waals surface area (Å²) < 4.78 is 5.73. The van der Waals surface area contributed by atoms with Crippen molar-refractivity contribution in [2.24, 2.45) is 0 Å². The lowest BCUT2D eigenvalue weighted by molar-refractivity contribution is -0.114. The van der Waals surface area contributed by atoms with Crippen molar-refractivity contribution in [2.45, 2.75) is 32.6 Å². The minimum absolute atomic E-state index is 0.0855. The van der Waals surface area contributed by atoms with E-state index in [0.29, 0.717) is 28.0 Å². The van der Waals surface area contributed by atoms with Gasteiger partial charge in [0.05, 0.1) is 28.9 Å². The molecule has 2 aromatic carbocycles. The van der Waals surface area contributed by atoms with Crippen LogP contribution in [0.3, 0.4) is 0 Å². The minimum atomic E-state index is -0.180. The lowest BCUT2D eigenvalue weighted by Gasteiger charge is -2.11. The summed E-state index contributed by atoms with van der Waals surface area (Å²) in [5, 5.41) is 6.67. The van der Waals surface area contributed by atoms with Gasteiger partial charge in [-0.25, -0.2) is 0 Å². The van der Waals surface area contributed by atoms with E-state index in [1.165, 1.54) is 19.3 Å². The summed E-state index contributed by atoms with van der Waals surface area (Å²) in [6.45, 7) is 2.95. The highest BCUT2D eigenvalue weighted by Crippen LogP contribution is 2.29. The number of carbonyl (C=O) groups is 1. The molecule has 2 N–H and O–H groups in total. The minimum Gasteiger partial charge on any atom is -0.494 e. The van der Waals surface area contributed by atoms with Crippen molar-refractivity contribution in [2.75, 3.05) is 23.8 Å². The summed E-state index contributed by atoms with van der Waals surface area (Å²) in [5.41, 5.74) is 1.32. The summed E-state index contributed by atoms with van der Waals surface area (Å²) in [6, 6.07) is 12.6. The SMILES string of the molecule is CCCCCCOc1cccc(NC(=O)CNc2cccc(Cl)c2Cl)c1. The third kappa shape index (κ3) is 6.77. The second-order valence-electron chi connectivity index (χ2n) is 5.94. The first kappa shape index (κ1) is 20.4. The molecular weight excluding hydrogens is 371 g/mol. The van der Waals surface area contributed by atoms with Crippen LogP contribution >= 0.6 is 23.2 Å². The molecule has 140 valence electrons. The van der Waals surface area contributed by atoms with Gasteiger partial charge in [-0.05, 0) is 30.7 Å². The molecule has 0 bridgehead atoms. The van der Waals surface area contributed by atoms with E-state index in [0.717, 1.165) is 12.2 Å². The smallest absolute Gasteiger partial charge is 0.243 e. The molecule has 6 heteroatoms. The van der Waals surface area contributed by atoms with E-state index in [1.807, 2.05) is 24.3 Å². The second-order valence-corrected chi connectivity index (χ2v) is 6.73. The Kier molecular flexibility index (Phi) is 8.59. The molecule has 0 saturated heterocycles. The fourth-order valence-electron chi connectivity index (χ4n) is 2.40. The van der Waals surface area contributed by atoms with Gasteiger partial charge in [-0.2, -0.15) is 0 Å². The molecule has 0 aliphatic heterocycles. The van der Waals surface area contributed by atoms with Crippen LogP contribution in [0.15, 0.2) is 42.5 Å². The molecule has 0 atom stereocenters. The summed E-state index contributed by atoms with van der Waals surface area (Å²) in [4.78, 5) is 12.1. The third-order valence-corrected chi connectivity index (χ3v) is 4.59. The maximum atomic E-state index is 12.1. The number of unbranched alkanes of at least 4 members (excludes halogenated alkanes) is 3. The van der Waals surface area contributed by atoms with Crippen LogP contribution in [0.1, 0.15) is 32.6 Å². The van der Waals surface area contributed by atoms with Gasteiger partial charge in [-0.3, -0.25) is 4.79 Å². The number of anilines is 2. The van der Waals surface area contributed by atoms with E-state index in [1.54, 1.807) is 18.2 Å².